The molecule has 6 heteroatoms. The number of carbonyl (C=O) groups is 1. The Labute approximate surface area is 115 Å². The van der Waals surface area contributed by atoms with Crippen LogP contribution in [0.15, 0.2) is 24.3 Å². The van der Waals surface area contributed by atoms with E-state index in [9.17, 15) is 4.79 Å². The Morgan fingerprint density at radius 1 is 1.42 bits per heavy atom. The van der Waals surface area contributed by atoms with Gasteiger partial charge in [-0.3, -0.25) is 0 Å². The fourth-order valence-electron chi connectivity index (χ4n) is 1.62. The van der Waals surface area contributed by atoms with Crippen LogP contribution in [-0.2, 0) is 4.74 Å². The van der Waals surface area contributed by atoms with Crippen LogP contribution in [0.1, 0.15) is 23.0 Å². The van der Waals surface area contributed by atoms with Gasteiger partial charge in [0.25, 0.3) is 0 Å². The highest BCUT2D eigenvalue weighted by atomic mass is 35.5. The SMILES string of the molecule is CCOC(=O)c1nn(-c2ccc(C)cc2)c(N)c1Cl. The van der Waals surface area contributed by atoms with Crippen molar-refractivity contribution in [3.8, 4) is 5.69 Å². The van der Waals surface area contributed by atoms with Gasteiger partial charge >= 0.3 is 5.97 Å². The highest BCUT2D eigenvalue weighted by molar-refractivity contribution is 6.35. The molecule has 0 saturated heterocycles. The van der Waals surface area contributed by atoms with Crippen LogP contribution in [-0.4, -0.2) is 22.4 Å². The van der Waals surface area contributed by atoms with E-state index in [4.69, 9.17) is 22.1 Å². The average Bonchev–Trinajstić information content (AvgIpc) is 2.68. The van der Waals surface area contributed by atoms with Crippen molar-refractivity contribution in [2.24, 2.45) is 0 Å². The van der Waals surface area contributed by atoms with Crippen LogP contribution in [0.4, 0.5) is 5.82 Å². The molecule has 2 aromatic rings. The molecule has 5 nitrogen and oxygen atoms in total. The van der Waals surface area contributed by atoms with Crippen molar-refractivity contribution in [2.45, 2.75) is 13.8 Å². The summed E-state index contributed by atoms with van der Waals surface area (Å²) in [6, 6.07) is 7.55. The molecule has 0 saturated carbocycles. The smallest absolute Gasteiger partial charge is 0.360 e. The number of esters is 1. The summed E-state index contributed by atoms with van der Waals surface area (Å²) in [4.78, 5) is 11.7. The number of benzene rings is 1. The second-order valence-corrected chi connectivity index (χ2v) is 4.39. The number of hydrogen-bond donors (Lipinski definition) is 1. The Morgan fingerprint density at radius 2 is 2.05 bits per heavy atom. The fraction of sp³-hybridized carbons (Fsp3) is 0.231. The molecular formula is C13H14ClN3O2. The summed E-state index contributed by atoms with van der Waals surface area (Å²) in [5, 5.41) is 4.22. The number of aromatic nitrogens is 2. The molecule has 100 valence electrons. The molecule has 0 atom stereocenters. The number of anilines is 1. The van der Waals surface area contributed by atoms with Crippen LogP contribution >= 0.6 is 11.6 Å². The van der Waals surface area contributed by atoms with Crippen molar-refractivity contribution >= 4 is 23.4 Å². The molecule has 0 spiro atoms. The quantitative estimate of drug-likeness (QED) is 0.877. The molecule has 0 unspecified atom stereocenters. The van der Waals surface area contributed by atoms with Gasteiger partial charge in [0, 0.05) is 0 Å². The molecular weight excluding hydrogens is 266 g/mol. The van der Waals surface area contributed by atoms with Gasteiger partial charge in [0.2, 0.25) is 0 Å². The lowest BCUT2D eigenvalue weighted by Crippen LogP contribution is -2.07. The molecule has 0 amide bonds. The van der Waals surface area contributed by atoms with Crippen molar-refractivity contribution < 1.29 is 9.53 Å². The molecule has 19 heavy (non-hydrogen) atoms. The standard InChI is InChI=1S/C13H14ClN3O2/c1-3-19-13(18)11-10(14)12(15)17(16-11)9-6-4-8(2)5-7-9/h4-7H,3,15H2,1-2H3. The Hall–Kier alpha value is -2.01. The third kappa shape index (κ3) is 2.56. The van der Waals surface area contributed by atoms with Crippen molar-refractivity contribution in [3.63, 3.8) is 0 Å². The maximum Gasteiger partial charge on any atom is 0.360 e. The lowest BCUT2D eigenvalue weighted by atomic mass is 10.2. The lowest BCUT2D eigenvalue weighted by Gasteiger charge is -2.03. The normalized spacial score (nSPS) is 10.5. The third-order valence-corrected chi connectivity index (χ3v) is 2.98. The maximum atomic E-state index is 11.7. The van der Waals surface area contributed by atoms with Crippen LogP contribution in [0, 0.1) is 6.92 Å². The predicted molar refractivity (Wildman–Crippen MR) is 73.7 cm³/mol. The first-order chi connectivity index (χ1) is 9.04. The van der Waals surface area contributed by atoms with Crippen LogP contribution < -0.4 is 5.73 Å². The zero-order valence-corrected chi connectivity index (χ0v) is 11.4. The summed E-state index contributed by atoms with van der Waals surface area (Å²) in [5.41, 5.74) is 7.75. The summed E-state index contributed by atoms with van der Waals surface area (Å²) in [6.45, 7) is 3.95. The molecule has 2 rings (SSSR count). The topological polar surface area (TPSA) is 70.1 Å². The van der Waals surface area contributed by atoms with Gasteiger partial charge in [0.15, 0.2) is 5.69 Å². The van der Waals surface area contributed by atoms with Crippen molar-refractivity contribution in [3.05, 3.63) is 40.5 Å². The second kappa shape index (κ2) is 5.32. The van der Waals surface area contributed by atoms with Gasteiger partial charge in [-0.15, -0.1) is 0 Å². The lowest BCUT2D eigenvalue weighted by molar-refractivity contribution is 0.0519. The molecule has 0 aliphatic rings. The fourth-order valence-corrected chi connectivity index (χ4v) is 1.82. The van der Waals surface area contributed by atoms with Crippen LogP contribution in [0.2, 0.25) is 5.02 Å². The number of nitrogen functional groups attached to an aromatic ring is 1. The van der Waals surface area contributed by atoms with Gasteiger partial charge in [0.05, 0.1) is 12.3 Å². The Balaban J connectivity index is 2.45. The van der Waals surface area contributed by atoms with Crippen molar-refractivity contribution in [2.75, 3.05) is 12.3 Å². The zero-order valence-electron chi connectivity index (χ0n) is 10.7. The second-order valence-electron chi connectivity index (χ2n) is 4.02. The number of nitrogens with zero attached hydrogens (tertiary/aromatic N) is 2. The molecule has 0 aliphatic heterocycles. The molecule has 0 radical (unpaired) electrons. The predicted octanol–water partition coefficient (Wildman–Crippen LogP) is 2.59. The highest BCUT2D eigenvalue weighted by Crippen LogP contribution is 2.26. The first kappa shape index (κ1) is 13.4. The molecule has 0 aliphatic carbocycles. The van der Waals surface area contributed by atoms with Crippen molar-refractivity contribution in [1.29, 1.82) is 0 Å². The third-order valence-electron chi connectivity index (χ3n) is 2.61. The van der Waals surface area contributed by atoms with Crippen LogP contribution in [0.3, 0.4) is 0 Å². The van der Waals surface area contributed by atoms with Crippen LogP contribution in [0.25, 0.3) is 5.69 Å². The minimum atomic E-state index is -0.579. The molecule has 0 bridgehead atoms. The number of hydrogen-bond acceptors (Lipinski definition) is 4. The Kier molecular flexibility index (Phi) is 3.76. The zero-order chi connectivity index (χ0) is 14.0. The van der Waals surface area contributed by atoms with E-state index in [2.05, 4.69) is 5.10 Å². The van der Waals surface area contributed by atoms with Gasteiger partial charge in [0.1, 0.15) is 10.8 Å². The molecule has 1 heterocycles. The molecule has 1 aromatic carbocycles. The maximum absolute atomic E-state index is 11.7. The van der Waals surface area contributed by atoms with E-state index >= 15 is 0 Å². The van der Waals surface area contributed by atoms with Crippen LogP contribution in [0.5, 0.6) is 0 Å². The largest absolute Gasteiger partial charge is 0.461 e. The number of aryl methyl sites for hydroxylation is 1. The number of rotatable bonds is 3. The molecule has 0 fully saturated rings. The average molecular weight is 280 g/mol. The molecule has 2 N–H and O–H groups in total. The summed E-state index contributed by atoms with van der Waals surface area (Å²) in [5.74, 6) is -0.362. The van der Waals surface area contributed by atoms with E-state index in [0.717, 1.165) is 11.3 Å². The number of ether oxygens (including phenoxy) is 1. The van der Waals surface area contributed by atoms with Gasteiger partial charge < -0.3 is 10.5 Å². The van der Waals surface area contributed by atoms with Gasteiger partial charge in [-0.2, -0.15) is 5.10 Å². The summed E-state index contributed by atoms with van der Waals surface area (Å²) < 4.78 is 6.30. The first-order valence-corrected chi connectivity index (χ1v) is 6.20. The van der Waals surface area contributed by atoms with E-state index in [1.807, 2.05) is 31.2 Å². The van der Waals surface area contributed by atoms with Gasteiger partial charge in [-0.05, 0) is 26.0 Å². The molecule has 1 aromatic heterocycles. The van der Waals surface area contributed by atoms with Gasteiger partial charge in [-0.25, -0.2) is 9.48 Å². The summed E-state index contributed by atoms with van der Waals surface area (Å²) >= 11 is 6.02. The minimum Gasteiger partial charge on any atom is -0.461 e. The number of carbonyl (C=O) groups excluding carboxylic acids is 1. The Bertz CT molecular complexity index is 605. The number of nitrogens with two attached hydrogens (primary N) is 1. The van der Waals surface area contributed by atoms with Crippen molar-refractivity contribution in [1.82, 2.24) is 9.78 Å². The van der Waals surface area contributed by atoms with E-state index < -0.39 is 5.97 Å². The number of halogens is 1. The van der Waals surface area contributed by atoms with E-state index in [-0.39, 0.29) is 23.1 Å². The van der Waals surface area contributed by atoms with E-state index in [1.54, 1.807) is 6.92 Å². The monoisotopic (exact) mass is 279 g/mol. The van der Waals surface area contributed by atoms with Gasteiger partial charge in [-0.1, -0.05) is 29.3 Å². The van der Waals surface area contributed by atoms with E-state index in [1.165, 1.54) is 4.68 Å². The first-order valence-electron chi connectivity index (χ1n) is 5.82. The minimum absolute atomic E-state index is 0.0293. The summed E-state index contributed by atoms with van der Waals surface area (Å²) in [6.07, 6.45) is 0. The Morgan fingerprint density at radius 3 is 2.63 bits per heavy atom. The highest BCUT2D eigenvalue weighted by Gasteiger charge is 2.21. The summed E-state index contributed by atoms with van der Waals surface area (Å²) in [7, 11) is 0. The van der Waals surface area contributed by atoms with E-state index in [0.29, 0.717) is 0 Å².